The molecular weight excluding hydrogens is 338 g/mol. The third-order valence-electron chi connectivity index (χ3n) is 5.01. The van der Waals surface area contributed by atoms with Crippen molar-refractivity contribution in [3.63, 3.8) is 0 Å². The lowest BCUT2D eigenvalue weighted by Crippen LogP contribution is -1.98. The van der Waals surface area contributed by atoms with Crippen molar-refractivity contribution < 1.29 is 13.9 Å². The molecule has 0 unspecified atom stereocenters. The number of halogens is 1. The van der Waals surface area contributed by atoms with Crippen LogP contribution in [0.2, 0.25) is 0 Å². The van der Waals surface area contributed by atoms with Crippen LogP contribution in [0.5, 0.6) is 5.75 Å². The fourth-order valence-electron chi connectivity index (χ4n) is 3.38. The van der Waals surface area contributed by atoms with E-state index in [-0.39, 0.29) is 6.61 Å². The Morgan fingerprint density at radius 3 is 1.74 bits per heavy atom. The van der Waals surface area contributed by atoms with Gasteiger partial charge in [0.2, 0.25) is 0 Å². The normalized spacial score (nSPS) is 10.9. The molecule has 0 aliphatic rings. The minimum absolute atomic E-state index is 0.139. The Morgan fingerprint density at radius 2 is 1.26 bits per heavy atom. The number of aryl methyl sites for hydroxylation is 1. The minimum atomic E-state index is -0.441. The summed E-state index contributed by atoms with van der Waals surface area (Å²) in [5.74, 6) is 1.08. The van der Waals surface area contributed by atoms with Crippen LogP contribution in [0.15, 0.2) is 24.3 Å². The van der Waals surface area contributed by atoms with Crippen LogP contribution in [-0.2, 0) is 11.2 Å². The molecule has 0 amide bonds. The number of hydrogen-bond acceptors (Lipinski definition) is 2. The van der Waals surface area contributed by atoms with Crippen molar-refractivity contribution in [2.24, 2.45) is 0 Å². The second kappa shape index (κ2) is 16.8. The van der Waals surface area contributed by atoms with Gasteiger partial charge in [0, 0.05) is 6.42 Å². The Balaban J connectivity index is 1.84. The molecule has 3 heteroatoms. The fourth-order valence-corrected chi connectivity index (χ4v) is 3.38. The first-order valence-corrected chi connectivity index (χ1v) is 11.0. The summed E-state index contributed by atoms with van der Waals surface area (Å²) < 4.78 is 17.3. The van der Waals surface area contributed by atoms with Gasteiger partial charge in [-0.2, -0.15) is 0 Å². The first-order chi connectivity index (χ1) is 13.2. The van der Waals surface area contributed by atoms with Gasteiger partial charge in [-0.15, -0.1) is 0 Å². The van der Waals surface area contributed by atoms with Gasteiger partial charge >= 0.3 is 0 Å². The van der Waals surface area contributed by atoms with Crippen LogP contribution in [0.4, 0.5) is 4.39 Å². The summed E-state index contributed by atoms with van der Waals surface area (Å²) in [7, 11) is 0. The summed E-state index contributed by atoms with van der Waals surface area (Å²) in [6, 6.07) is 8.06. The van der Waals surface area contributed by atoms with Crippen molar-refractivity contribution in [1.29, 1.82) is 0 Å². The minimum Gasteiger partial charge on any atom is -0.491 e. The Bertz CT molecular complexity index is 470. The van der Waals surface area contributed by atoms with Gasteiger partial charge in [0.1, 0.15) is 24.8 Å². The zero-order chi connectivity index (χ0) is 19.6. The summed E-state index contributed by atoms with van der Waals surface area (Å²) in [6.07, 6.45) is 17.5. The molecule has 0 aliphatic heterocycles. The van der Waals surface area contributed by atoms with E-state index >= 15 is 0 Å². The number of carbonyl (C=O) groups excluding carboxylic acids is 1. The number of ketones is 1. The van der Waals surface area contributed by atoms with E-state index in [0.29, 0.717) is 5.78 Å². The highest BCUT2D eigenvalue weighted by molar-refractivity contribution is 5.75. The molecular formula is C24H39FO2. The van der Waals surface area contributed by atoms with E-state index in [0.717, 1.165) is 25.0 Å². The number of Topliss-reactive ketones (excluding diaryl/α,β-unsaturated/α-hetero) is 1. The van der Waals surface area contributed by atoms with Gasteiger partial charge in [0.25, 0.3) is 0 Å². The lowest BCUT2D eigenvalue weighted by Gasteiger charge is -2.06. The highest BCUT2D eigenvalue weighted by Gasteiger charge is 1.98. The third-order valence-corrected chi connectivity index (χ3v) is 5.01. The number of benzene rings is 1. The lowest BCUT2D eigenvalue weighted by molar-refractivity contribution is -0.117. The largest absolute Gasteiger partial charge is 0.491 e. The van der Waals surface area contributed by atoms with Gasteiger partial charge in [0.15, 0.2) is 0 Å². The first kappa shape index (κ1) is 23.7. The van der Waals surface area contributed by atoms with Gasteiger partial charge in [-0.25, -0.2) is 4.39 Å². The summed E-state index contributed by atoms with van der Waals surface area (Å²) >= 11 is 0. The highest BCUT2D eigenvalue weighted by Crippen LogP contribution is 2.16. The van der Waals surface area contributed by atoms with E-state index in [1.165, 1.54) is 76.2 Å². The van der Waals surface area contributed by atoms with E-state index in [1.807, 2.05) is 12.1 Å². The van der Waals surface area contributed by atoms with E-state index in [2.05, 4.69) is 12.1 Å². The van der Waals surface area contributed by atoms with E-state index in [1.54, 1.807) is 6.92 Å². The molecule has 0 saturated heterocycles. The van der Waals surface area contributed by atoms with Crippen LogP contribution in [0, 0.1) is 0 Å². The fraction of sp³-hybridized carbons (Fsp3) is 0.708. The quantitative estimate of drug-likeness (QED) is 0.252. The Kier molecular flexibility index (Phi) is 14.7. The number of rotatable bonds is 18. The maximum atomic E-state index is 12.1. The zero-order valence-corrected chi connectivity index (χ0v) is 17.3. The van der Waals surface area contributed by atoms with Gasteiger partial charge in [-0.3, -0.25) is 0 Å². The molecule has 0 aromatic heterocycles. The number of ether oxygens (including phenoxy) is 1. The standard InChI is InChI=1S/C24H39FO2/c1-22(26)14-12-10-8-6-4-2-3-5-7-9-11-13-15-23-16-18-24(19-17-23)27-21-20-25/h16-19H,2-15,20-21H2,1H3/i25-1. The predicted octanol–water partition coefficient (Wildman–Crippen LogP) is 7.24. The van der Waals surface area contributed by atoms with Crippen molar-refractivity contribution in [1.82, 2.24) is 0 Å². The summed E-state index contributed by atoms with van der Waals surface area (Å²) in [4.78, 5) is 10.8. The molecule has 1 aromatic carbocycles. The van der Waals surface area contributed by atoms with Gasteiger partial charge in [-0.1, -0.05) is 76.3 Å². The molecule has 1 aromatic rings. The molecule has 0 bridgehead atoms. The molecule has 0 aliphatic carbocycles. The lowest BCUT2D eigenvalue weighted by atomic mass is 10.0. The molecule has 0 saturated carbocycles. The molecule has 0 fully saturated rings. The van der Waals surface area contributed by atoms with Crippen molar-refractivity contribution in [3.05, 3.63) is 29.8 Å². The van der Waals surface area contributed by atoms with Gasteiger partial charge < -0.3 is 9.53 Å². The van der Waals surface area contributed by atoms with Crippen LogP contribution in [0.1, 0.15) is 96.0 Å². The molecule has 0 N–H and O–H groups in total. The van der Waals surface area contributed by atoms with E-state index in [4.69, 9.17) is 4.74 Å². The van der Waals surface area contributed by atoms with Gasteiger partial charge in [-0.05, 0) is 43.9 Å². The van der Waals surface area contributed by atoms with Crippen molar-refractivity contribution in [2.75, 3.05) is 13.3 Å². The molecule has 0 atom stereocenters. The van der Waals surface area contributed by atoms with Gasteiger partial charge in [0.05, 0.1) is 0 Å². The second-order valence-electron chi connectivity index (χ2n) is 7.63. The first-order valence-electron chi connectivity index (χ1n) is 11.0. The van der Waals surface area contributed by atoms with Crippen LogP contribution in [-0.4, -0.2) is 19.1 Å². The number of hydrogen-bond donors (Lipinski definition) is 0. The molecule has 154 valence electrons. The van der Waals surface area contributed by atoms with E-state index < -0.39 is 6.67 Å². The molecule has 1 rings (SSSR count). The van der Waals surface area contributed by atoms with Crippen molar-refractivity contribution >= 4 is 5.78 Å². The maximum Gasteiger partial charge on any atom is 0.129 e. The van der Waals surface area contributed by atoms with Crippen LogP contribution in [0.25, 0.3) is 0 Å². The number of alkyl halides is 1. The second-order valence-corrected chi connectivity index (χ2v) is 7.63. The van der Waals surface area contributed by atoms with E-state index in [9.17, 15) is 9.18 Å². The van der Waals surface area contributed by atoms with Crippen molar-refractivity contribution in [3.8, 4) is 5.75 Å². The average molecular weight is 378 g/mol. The summed E-state index contributed by atoms with van der Waals surface area (Å²) in [6.45, 7) is 1.38. The Hall–Kier alpha value is -1.38. The van der Waals surface area contributed by atoms with Crippen LogP contribution >= 0.6 is 0 Å². The molecule has 0 spiro atoms. The zero-order valence-electron chi connectivity index (χ0n) is 17.3. The monoisotopic (exact) mass is 377 g/mol. The summed E-state index contributed by atoms with van der Waals surface area (Å²) in [5.41, 5.74) is 1.34. The Morgan fingerprint density at radius 1 is 0.778 bits per heavy atom. The van der Waals surface area contributed by atoms with Crippen molar-refractivity contribution in [2.45, 2.75) is 96.8 Å². The topological polar surface area (TPSA) is 26.3 Å². The van der Waals surface area contributed by atoms with Crippen LogP contribution < -0.4 is 4.74 Å². The third kappa shape index (κ3) is 14.4. The molecule has 0 heterocycles. The number of unbranched alkanes of at least 4 members (excludes halogenated alkanes) is 11. The predicted molar refractivity (Wildman–Crippen MR) is 112 cm³/mol. The number of carbonyl (C=O) groups is 1. The Labute approximate surface area is 165 Å². The maximum absolute atomic E-state index is 12.1. The highest BCUT2D eigenvalue weighted by atomic mass is 18.2. The molecule has 27 heavy (non-hydrogen) atoms. The average Bonchev–Trinajstić information content (AvgIpc) is 2.67. The smallest absolute Gasteiger partial charge is 0.129 e. The SMILES string of the molecule is CC(=O)CCCCCCCCCCCCCCc1ccc(OCC[18F])cc1. The van der Waals surface area contributed by atoms with Crippen LogP contribution in [0.3, 0.4) is 0 Å². The summed E-state index contributed by atoms with van der Waals surface area (Å²) in [5, 5.41) is 0. The molecule has 0 radical (unpaired) electrons. The molecule has 2 nitrogen and oxygen atoms in total.